The largest absolute Gasteiger partial charge is 0.500 e. The SMILES string of the molecule is Cc1cc(C)c(-n2ccnc2-c2[c-]cc(CCc3cc(CCc4c[c-]c(-c5nccn5-c5c(C)cc(C)cc5C)cc4)cc(CCc4c[c-]c(N5C=CN(c6ccccc6)[CH-]5)cc4)c3)cc2)c(C)c1.[Ir]. The number of nitrogens with zero attached hydrogens (tertiary/aromatic N) is 6. The quantitative estimate of drug-likeness (QED) is 0.0960. The summed E-state index contributed by atoms with van der Waals surface area (Å²) in [5.74, 6) is 1.82. The van der Waals surface area contributed by atoms with Gasteiger partial charge in [0.25, 0.3) is 0 Å². The Hall–Kier alpha value is -7.05. The van der Waals surface area contributed by atoms with Crippen LogP contribution in [0.2, 0.25) is 0 Å². The second kappa shape index (κ2) is 21.3. The summed E-state index contributed by atoms with van der Waals surface area (Å²) in [7, 11) is 0. The molecule has 0 spiro atoms. The van der Waals surface area contributed by atoms with Gasteiger partial charge in [-0.1, -0.05) is 91.1 Å². The number of hydrogen-bond donors (Lipinski definition) is 0. The number of aryl methyl sites for hydroxylation is 12. The van der Waals surface area contributed by atoms with Crippen LogP contribution in [0.3, 0.4) is 0 Å². The normalized spacial score (nSPS) is 12.2. The van der Waals surface area contributed by atoms with Crippen molar-refractivity contribution in [2.24, 2.45) is 0 Å². The van der Waals surface area contributed by atoms with Crippen LogP contribution in [-0.2, 0) is 58.6 Å². The molecule has 3 heterocycles. The van der Waals surface area contributed by atoms with E-state index < -0.39 is 0 Å². The van der Waals surface area contributed by atoms with Gasteiger partial charge in [0, 0.05) is 62.0 Å². The number of rotatable bonds is 15. The van der Waals surface area contributed by atoms with Gasteiger partial charge >= 0.3 is 0 Å². The summed E-state index contributed by atoms with van der Waals surface area (Å²) in [4.78, 5) is 13.8. The van der Waals surface area contributed by atoms with E-state index in [0.29, 0.717) is 0 Å². The van der Waals surface area contributed by atoms with E-state index in [1.54, 1.807) is 0 Å². The Bertz CT molecular complexity index is 3040. The van der Waals surface area contributed by atoms with Gasteiger partial charge in [-0.15, -0.1) is 89.2 Å². The average molecular weight is 1090 g/mol. The molecule has 9 aromatic rings. The fraction of sp³-hybridized carbons (Fsp3) is 0.190. The Balaban J connectivity index is 0.00000608. The van der Waals surface area contributed by atoms with Crippen LogP contribution in [0.15, 0.2) is 165 Å². The van der Waals surface area contributed by atoms with E-state index in [0.717, 1.165) is 72.7 Å². The Morgan fingerprint density at radius 3 is 1.27 bits per heavy atom. The fourth-order valence-corrected chi connectivity index (χ4v) is 10.1. The second-order valence-electron chi connectivity index (χ2n) is 18.8. The zero-order chi connectivity index (χ0) is 47.4. The zero-order valence-corrected chi connectivity index (χ0v) is 43.3. The van der Waals surface area contributed by atoms with E-state index in [1.807, 2.05) is 18.5 Å². The molecule has 1 aliphatic heterocycles. The molecule has 1 radical (unpaired) electrons. The summed E-state index contributed by atoms with van der Waals surface area (Å²) in [5.41, 5.74) is 21.9. The first kappa shape index (κ1) is 48.0. The van der Waals surface area contributed by atoms with Crippen LogP contribution in [0.4, 0.5) is 11.4 Å². The van der Waals surface area contributed by atoms with Crippen molar-refractivity contribution in [2.75, 3.05) is 9.80 Å². The van der Waals surface area contributed by atoms with Crippen LogP contribution in [-0.4, -0.2) is 19.1 Å². The van der Waals surface area contributed by atoms with E-state index in [9.17, 15) is 0 Å². The molecule has 0 N–H and O–H groups in total. The second-order valence-corrected chi connectivity index (χ2v) is 18.8. The average Bonchev–Trinajstić information content (AvgIpc) is 4.16. The van der Waals surface area contributed by atoms with Crippen LogP contribution in [0, 0.1) is 66.4 Å². The summed E-state index contributed by atoms with van der Waals surface area (Å²) in [6.07, 6.45) is 17.7. The molecule has 10 rings (SSSR count). The number of aromatic nitrogens is 4. The molecule has 6 nitrogen and oxygen atoms in total. The number of para-hydroxylation sites is 1. The van der Waals surface area contributed by atoms with Crippen molar-refractivity contribution in [3.05, 3.63) is 256 Å². The number of anilines is 2. The molecule has 0 aliphatic carbocycles. The third-order valence-electron chi connectivity index (χ3n) is 13.3. The zero-order valence-electron chi connectivity index (χ0n) is 40.9. The van der Waals surface area contributed by atoms with E-state index in [-0.39, 0.29) is 20.1 Å². The van der Waals surface area contributed by atoms with E-state index in [2.05, 4.69) is 231 Å². The maximum Gasteiger partial charge on any atom is 0.0602 e. The minimum Gasteiger partial charge on any atom is -0.500 e. The van der Waals surface area contributed by atoms with Crippen molar-refractivity contribution < 1.29 is 20.1 Å². The molecular formula is C63H58IrN6-4. The molecule has 7 heteroatoms. The van der Waals surface area contributed by atoms with Crippen molar-refractivity contribution in [1.29, 1.82) is 0 Å². The topological polar surface area (TPSA) is 42.1 Å². The summed E-state index contributed by atoms with van der Waals surface area (Å²) in [5, 5.41) is 0. The van der Waals surface area contributed by atoms with Gasteiger partial charge in [-0.05, 0) is 124 Å². The van der Waals surface area contributed by atoms with E-state index in [1.165, 1.54) is 78.1 Å². The fourth-order valence-electron chi connectivity index (χ4n) is 10.1. The van der Waals surface area contributed by atoms with Gasteiger partial charge < -0.3 is 18.9 Å². The molecule has 7 aromatic carbocycles. The summed E-state index contributed by atoms with van der Waals surface area (Å²) < 4.78 is 4.40. The minimum atomic E-state index is 0. The van der Waals surface area contributed by atoms with E-state index in [4.69, 9.17) is 9.97 Å². The van der Waals surface area contributed by atoms with E-state index >= 15 is 0 Å². The maximum atomic E-state index is 4.78. The number of imidazole rings is 2. The molecular weight excluding hydrogens is 1030 g/mol. The third kappa shape index (κ3) is 10.7. The molecule has 0 atom stereocenters. The summed E-state index contributed by atoms with van der Waals surface area (Å²) in [6, 6.07) is 57.1. The Morgan fingerprint density at radius 2 is 0.857 bits per heavy atom. The van der Waals surface area contributed by atoms with Crippen LogP contribution in [0.1, 0.15) is 66.8 Å². The maximum absolute atomic E-state index is 4.78. The molecule has 2 aromatic heterocycles. The monoisotopic (exact) mass is 1090 g/mol. The van der Waals surface area contributed by atoms with Crippen molar-refractivity contribution in [3.8, 4) is 34.2 Å². The molecule has 0 amide bonds. The molecule has 0 bridgehead atoms. The first-order valence-corrected chi connectivity index (χ1v) is 24.1. The Kier molecular flexibility index (Phi) is 14.6. The predicted octanol–water partition coefficient (Wildman–Crippen LogP) is 13.9. The summed E-state index contributed by atoms with van der Waals surface area (Å²) >= 11 is 0. The van der Waals surface area contributed by atoms with Crippen molar-refractivity contribution in [3.63, 3.8) is 0 Å². The molecule has 70 heavy (non-hydrogen) atoms. The van der Waals surface area contributed by atoms with Gasteiger partial charge in [0.1, 0.15) is 0 Å². The van der Waals surface area contributed by atoms with Gasteiger partial charge in [0.05, 0.1) is 11.6 Å². The Morgan fingerprint density at radius 1 is 0.443 bits per heavy atom. The van der Waals surface area contributed by atoms with Crippen LogP contribution in [0.5, 0.6) is 0 Å². The summed E-state index contributed by atoms with van der Waals surface area (Å²) in [6.45, 7) is 15.1. The Labute approximate surface area is 428 Å². The molecule has 1 aliphatic rings. The van der Waals surface area contributed by atoms with Crippen LogP contribution < -0.4 is 9.80 Å². The van der Waals surface area contributed by atoms with Gasteiger partial charge in [-0.25, -0.2) is 0 Å². The first-order valence-electron chi connectivity index (χ1n) is 24.1. The first-order chi connectivity index (χ1) is 33.6. The van der Waals surface area contributed by atoms with Crippen LogP contribution >= 0.6 is 0 Å². The van der Waals surface area contributed by atoms with Gasteiger partial charge in [-0.3, -0.25) is 9.97 Å². The molecule has 0 saturated heterocycles. The third-order valence-corrected chi connectivity index (χ3v) is 13.3. The number of hydrogen-bond acceptors (Lipinski definition) is 4. The number of benzene rings is 7. The minimum absolute atomic E-state index is 0. The van der Waals surface area contributed by atoms with Gasteiger partial charge in [-0.2, -0.15) is 23.8 Å². The van der Waals surface area contributed by atoms with Gasteiger partial charge in [0.2, 0.25) is 0 Å². The van der Waals surface area contributed by atoms with Gasteiger partial charge in [0.15, 0.2) is 0 Å². The standard InChI is InChI=1S/C63H58N6.Ir/c1-44-36-46(3)60(47(4)37-44)68-32-30-64-62(68)56-24-18-50(19-25-56)12-15-53-40-54(16-13-51-20-26-57(27-21-51)63-65-31-33-69(63)61-48(5)38-45(2)39-49(61)6)42-55(41-53)17-14-52-22-28-59(29-23-52)67-35-34-66(43-67)58-10-8-7-9-11-58;/h7-11,18-24,26,28,30-43H,12-17H2,1-6H3;/q-4;. The van der Waals surface area contributed by atoms with Crippen LogP contribution in [0.25, 0.3) is 34.2 Å². The van der Waals surface area contributed by atoms with Crippen molar-refractivity contribution in [1.82, 2.24) is 19.1 Å². The molecule has 0 unspecified atom stereocenters. The molecule has 0 saturated carbocycles. The van der Waals surface area contributed by atoms with Crippen molar-refractivity contribution >= 4 is 11.4 Å². The molecule has 353 valence electrons. The molecule has 0 fully saturated rings. The predicted molar refractivity (Wildman–Crippen MR) is 283 cm³/mol. The smallest absolute Gasteiger partial charge is 0.0602 e. The van der Waals surface area contributed by atoms with Crippen molar-refractivity contribution in [2.45, 2.75) is 80.1 Å².